The maximum atomic E-state index is 14.4. The van der Waals surface area contributed by atoms with Crippen molar-refractivity contribution in [2.24, 2.45) is 11.8 Å². The lowest BCUT2D eigenvalue weighted by Gasteiger charge is -2.39. The summed E-state index contributed by atoms with van der Waals surface area (Å²) in [4.78, 5) is 21.4. The Kier molecular flexibility index (Phi) is 7.41. The molecule has 7 heteroatoms. The van der Waals surface area contributed by atoms with E-state index in [4.69, 9.17) is 0 Å². The molecule has 2 heterocycles. The SMILES string of the molecule is CSC1[C@H](C)CC(c2ccncc2CC(=O)c2ccc(F)c(-c3c(F)cccc3F)n2)C[C@@H]1C. The molecule has 34 heavy (non-hydrogen) atoms. The van der Waals surface area contributed by atoms with Crippen LogP contribution in [-0.4, -0.2) is 27.3 Å². The van der Waals surface area contributed by atoms with E-state index in [1.807, 2.05) is 17.8 Å². The van der Waals surface area contributed by atoms with Crippen LogP contribution in [0.15, 0.2) is 48.8 Å². The predicted molar refractivity (Wildman–Crippen MR) is 129 cm³/mol. The Hall–Kier alpha value is -2.67. The van der Waals surface area contributed by atoms with Crippen LogP contribution in [0, 0.1) is 29.3 Å². The van der Waals surface area contributed by atoms with Crippen molar-refractivity contribution in [2.45, 2.75) is 44.3 Å². The zero-order chi connectivity index (χ0) is 24.4. The van der Waals surface area contributed by atoms with Gasteiger partial charge in [0, 0.05) is 24.1 Å². The molecule has 1 saturated carbocycles. The first-order valence-corrected chi connectivity index (χ1v) is 12.7. The molecule has 0 radical (unpaired) electrons. The molecule has 0 amide bonds. The third-order valence-corrected chi connectivity index (χ3v) is 8.24. The fourth-order valence-corrected chi connectivity index (χ4v) is 6.44. The quantitative estimate of drug-likeness (QED) is 0.358. The average Bonchev–Trinajstić information content (AvgIpc) is 2.80. The third kappa shape index (κ3) is 4.90. The second kappa shape index (κ2) is 10.3. The molecule has 0 spiro atoms. The van der Waals surface area contributed by atoms with E-state index in [9.17, 15) is 18.0 Å². The van der Waals surface area contributed by atoms with Gasteiger partial charge in [-0.3, -0.25) is 9.78 Å². The molecule has 0 bridgehead atoms. The van der Waals surface area contributed by atoms with Crippen molar-refractivity contribution in [1.29, 1.82) is 0 Å². The van der Waals surface area contributed by atoms with Crippen LogP contribution in [0.5, 0.6) is 0 Å². The summed E-state index contributed by atoms with van der Waals surface area (Å²) in [6, 6.07) is 7.51. The Morgan fingerprint density at radius 2 is 1.68 bits per heavy atom. The second-order valence-corrected chi connectivity index (χ2v) is 10.1. The van der Waals surface area contributed by atoms with Crippen molar-refractivity contribution < 1.29 is 18.0 Å². The van der Waals surface area contributed by atoms with Crippen molar-refractivity contribution >= 4 is 17.5 Å². The molecule has 1 fully saturated rings. The van der Waals surface area contributed by atoms with Gasteiger partial charge >= 0.3 is 0 Å². The van der Waals surface area contributed by atoms with Gasteiger partial charge in [0.05, 0.1) is 5.56 Å². The molecule has 2 aromatic heterocycles. The Bertz CT molecular complexity index is 1170. The summed E-state index contributed by atoms with van der Waals surface area (Å²) in [6.45, 7) is 4.56. The highest BCUT2D eigenvalue weighted by Gasteiger charge is 2.34. The Morgan fingerprint density at radius 1 is 1.00 bits per heavy atom. The Balaban J connectivity index is 1.62. The lowest BCUT2D eigenvalue weighted by Crippen LogP contribution is -2.31. The van der Waals surface area contributed by atoms with Crippen LogP contribution in [0.1, 0.15) is 54.2 Å². The van der Waals surface area contributed by atoms with Crippen LogP contribution in [-0.2, 0) is 6.42 Å². The highest BCUT2D eigenvalue weighted by molar-refractivity contribution is 7.99. The van der Waals surface area contributed by atoms with Crippen LogP contribution >= 0.6 is 11.8 Å². The number of nitrogens with zero attached hydrogens (tertiary/aromatic N) is 2. The van der Waals surface area contributed by atoms with Gasteiger partial charge in [0.25, 0.3) is 0 Å². The number of ketones is 1. The molecule has 1 aromatic carbocycles. The lowest BCUT2D eigenvalue weighted by atomic mass is 9.72. The van der Waals surface area contributed by atoms with Crippen LogP contribution in [0.2, 0.25) is 0 Å². The molecule has 2 unspecified atom stereocenters. The number of halogens is 3. The monoisotopic (exact) mass is 484 g/mol. The highest BCUT2D eigenvalue weighted by atomic mass is 32.2. The van der Waals surface area contributed by atoms with Gasteiger partial charge in [-0.1, -0.05) is 19.9 Å². The van der Waals surface area contributed by atoms with E-state index >= 15 is 0 Å². The first-order valence-electron chi connectivity index (χ1n) is 11.4. The van der Waals surface area contributed by atoms with Crippen LogP contribution in [0.3, 0.4) is 0 Å². The Morgan fingerprint density at radius 3 is 2.32 bits per heavy atom. The summed E-state index contributed by atoms with van der Waals surface area (Å²) in [5, 5.41) is 0.615. The number of Topliss-reactive ketones (excluding diaryl/α,β-unsaturated/α-hetero) is 1. The van der Waals surface area contributed by atoms with Crippen molar-refractivity contribution in [3.63, 3.8) is 0 Å². The first kappa shape index (κ1) is 24.5. The summed E-state index contributed by atoms with van der Waals surface area (Å²) in [6.07, 6.45) is 7.70. The molecule has 0 N–H and O–H groups in total. The zero-order valence-corrected chi connectivity index (χ0v) is 20.2. The van der Waals surface area contributed by atoms with E-state index in [0.717, 1.165) is 42.2 Å². The largest absolute Gasteiger partial charge is 0.292 e. The standard InChI is InChI=1S/C27H27F3N2OS/c1-15-11-17(12-16(2)27(15)34-3)19-9-10-31-14-18(19)13-24(33)23-8-7-22(30)26(32-23)25-20(28)5-4-6-21(25)29/h4-10,14-17,27H,11-13H2,1-3H3/t15-,16+,17?,27?. The van der Waals surface area contributed by atoms with Gasteiger partial charge in [-0.15, -0.1) is 0 Å². The summed E-state index contributed by atoms with van der Waals surface area (Å²) < 4.78 is 42.9. The van der Waals surface area contributed by atoms with Gasteiger partial charge in [0.15, 0.2) is 5.78 Å². The van der Waals surface area contributed by atoms with Gasteiger partial charge < -0.3 is 0 Å². The fraction of sp³-hybridized carbons (Fsp3) is 0.370. The summed E-state index contributed by atoms with van der Waals surface area (Å²) >= 11 is 1.92. The molecule has 4 atom stereocenters. The van der Waals surface area contributed by atoms with Crippen molar-refractivity contribution in [1.82, 2.24) is 9.97 Å². The predicted octanol–water partition coefficient (Wildman–Crippen LogP) is 6.87. The molecule has 0 saturated heterocycles. The van der Waals surface area contributed by atoms with Crippen LogP contribution in [0.4, 0.5) is 13.2 Å². The smallest absolute Gasteiger partial charge is 0.185 e. The number of aromatic nitrogens is 2. The van der Waals surface area contributed by atoms with E-state index in [0.29, 0.717) is 23.0 Å². The highest BCUT2D eigenvalue weighted by Crippen LogP contribution is 2.44. The second-order valence-electron chi connectivity index (χ2n) is 9.12. The number of carbonyl (C=O) groups is 1. The maximum absolute atomic E-state index is 14.4. The fourth-order valence-electron chi connectivity index (χ4n) is 5.29. The number of rotatable bonds is 6. The van der Waals surface area contributed by atoms with Gasteiger partial charge in [-0.05, 0) is 78.3 Å². The van der Waals surface area contributed by atoms with Gasteiger partial charge in [-0.25, -0.2) is 18.2 Å². The van der Waals surface area contributed by atoms with Gasteiger partial charge in [0.2, 0.25) is 0 Å². The van der Waals surface area contributed by atoms with Crippen molar-refractivity contribution in [3.05, 3.63) is 83.1 Å². The summed E-state index contributed by atoms with van der Waals surface area (Å²) in [5.74, 6) is -1.69. The van der Waals surface area contributed by atoms with Crippen LogP contribution in [0.25, 0.3) is 11.3 Å². The molecular weight excluding hydrogens is 457 g/mol. The first-order chi connectivity index (χ1) is 16.3. The normalized spacial score (nSPS) is 22.5. The average molecular weight is 485 g/mol. The van der Waals surface area contributed by atoms with Gasteiger partial charge in [-0.2, -0.15) is 11.8 Å². The number of carbonyl (C=O) groups excluding carboxylic acids is 1. The summed E-state index contributed by atoms with van der Waals surface area (Å²) in [5.41, 5.74) is 0.783. The van der Waals surface area contributed by atoms with Crippen molar-refractivity contribution in [3.8, 4) is 11.3 Å². The molecule has 3 aromatic rings. The number of pyridine rings is 2. The van der Waals surface area contributed by atoms with Gasteiger partial charge in [0.1, 0.15) is 28.8 Å². The minimum atomic E-state index is -0.936. The van der Waals surface area contributed by atoms with E-state index in [2.05, 4.69) is 30.1 Å². The minimum absolute atomic E-state index is 0.0339. The molecule has 178 valence electrons. The van der Waals surface area contributed by atoms with Crippen molar-refractivity contribution in [2.75, 3.05) is 6.26 Å². The topological polar surface area (TPSA) is 42.9 Å². The summed E-state index contributed by atoms with van der Waals surface area (Å²) in [7, 11) is 0. The number of thioether (sulfide) groups is 1. The molecule has 3 nitrogen and oxygen atoms in total. The van der Waals surface area contributed by atoms with E-state index in [1.165, 1.54) is 12.1 Å². The maximum Gasteiger partial charge on any atom is 0.185 e. The molecule has 4 rings (SSSR count). The molecule has 0 aliphatic heterocycles. The van der Waals surface area contributed by atoms with Crippen LogP contribution < -0.4 is 0 Å². The lowest BCUT2D eigenvalue weighted by molar-refractivity contribution is 0.0987. The number of benzene rings is 1. The molecule has 1 aliphatic carbocycles. The van der Waals surface area contributed by atoms with E-state index in [1.54, 1.807) is 12.4 Å². The van der Waals surface area contributed by atoms with E-state index in [-0.39, 0.29) is 17.9 Å². The minimum Gasteiger partial charge on any atom is -0.292 e. The number of hydrogen-bond donors (Lipinski definition) is 0. The molecular formula is C27H27F3N2OS. The third-order valence-electron chi connectivity index (χ3n) is 6.77. The Labute approximate surface area is 202 Å². The number of hydrogen-bond acceptors (Lipinski definition) is 4. The van der Waals surface area contributed by atoms with E-state index < -0.39 is 28.7 Å². The molecule has 1 aliphatic rings. The zero-order valence-electron chi connectivity index (χ0n) is 19.4.